The predicted octanol–water partition coefficient (Wildman–Crippen LogP) is 2.21. The van der Waals surface area contributed by atoms with Crippen LogP contribution in [0.3, 0.4) is 0 Å². The van der Waals surface area contributed by atoms with E-state index in [0.717, 1.165) is 0 Å². The van der Waals surface area contributed by atoms with Gasteiger partial charge in [-0.25, -0.2) is 5.01 Å². The molecular weight excluding hydrogens is 304 g/mol. The van der Waals surface area contributed by atoms with E-state index in [2.05, 4.69) is 5.43 Å². The Morgan fingerprint density at radius 3 is 2.77 bits per heavy atom. The number of carbonyl (C=O) groups is 2. The first-order valence-electron chi connectivity index (χ1n) is 6.61. The van der Waals surface area contributed by atoms with Crippen LogP contribution in [0, 0.1) is 0 Å². The number of rotatable bonds is 4. The maximum absolute atomic E-state index is 12.3. The predicted molar refractivity (Wildman–Crippen MR) is 81.2 cm³/mol. The van der Waals surface area contributed by atoms with Crippen molar-refractivity contribution in [1.29, 1.82) is 0 Å². The summed E-state index contributed by atoms with van der Waals surface area (Å²) in [6, 6.07) is 10.2. The number of benzene rings is 1. The maximum atomic E-state index is 12.3. The Kier molecular flexibility index (Phi) is 4.06. The quantitative estimate of drug-likeness (QED) is 0.936. The molecule has 1 aliphatic heterocycles. The number of thioether (sulfide) groups is 1. The molecule has 3 rings (SSSR count). The molecule has 1 aromatic carbocycles. The van der Waals surface area contributed by atoms with Crippen molar-refractivity contribution in [2.45, 2.75) is 5.37 Å². The van der Waals surface area contributed by atoms with Crippen LogP contribution < -0.4 is 10.2 Å². The lowest BCUT2D eigenvalue weighted by Crippen LogP contribution is -2.44. The Labute approximate surface area is 131 Å². The number of nitrogens with one attached hydrogen (secondary N) is 1. The molecule has 1 N–H and O–H groups in total. The summed E-state index contributed by atoms with van der Waals surface area (Å²) in [7, 11) is 1.56. The molecule has 2 heterocycles. The number of amides is 2. The van der Waals surface area contributed by atoms with E-state index in [9.17, 15) is 9.59 Å². The van der Waals surface area contributed by atoms with Gasteiger partial charge in [-0.05, 0) is 36.4 Å². The zero-order valence-electron chi connectivity index (χ0n) is 11.8. The fourth-order valence-electron chi connectivity index (χ4n) is 2.10. The molecule has 1 aromatic heterocycles. The molecule has 2 aromatic rings. The van der Waals surface area contributed by atoms with Gasteiger partial charge in [0.15, 0.2) is 5.37 Å². The fourth-order valence-corrected chi connectivity index (χ4v) is 3.16. The third-order valence-corrected chi connectivity index (χ3v) is 4.40. The first kappa shape index (κ1) is 14.5. The summed E-state index contributed by atoms with van der Waals surface area (Å²) in [6.07, 6.45) is 1.54. The molecule has 0 bridgehead atoms. The molecule has 0 spiro atoms. The van der Waals surface area contributed by atoms with Crippen molar-refractivity contribution in [3.63, 3.8) is 0 Å². The molecule has 0 radical (unpaired) electrons. The molecule has 0 saturated carbocycles. The van der Waals surface area contributed by atoms with Crippen molar-refractivity contribution < 1.29 is 18.7 Å². The monoisotopic (exact) mass is 318 g/mol. The minimum atomic E-state index is -0.352. The van der Waals surface area contributed by atoms with Gasteiger partial charge in [-0.2, -0.15) is 0 Å². The van der Waals surface area contributed by atoms with Gasteiger partial charge in [-0.1, -0.05) is 0 Å². The number of hydrogen-bond donors (Lipinski definition) is 1. The van der Waals surface area contributed by atoms with Gasteiger partial charge < -0.3 is 9.15 Å². The molecule has 0 unspecified atom stereocenters. The van der Waals surface area contributed by atoms with Crippen LogP contribution in [-0.4, -0.2) is 29.7 Å². The van der Waals surface area contributed by atoms with Gasteiger partial charge in [-0.3, -0.25) is 15.0 Å². The van der Waals surface area contributed by atoms with Crippen molar-refractivity contribution in [3.05, 3.63) is 54.0 Å². The second-order valence-electron chi connectivity index (χ2n) is 4.61. The Balaban J connectivity index is 1.75. The Morgan fingerprint density at radius 1 is 1.36 bits per heavy atom. The van der Waals surface area contributed by atoms with Gasteiger partial charge >= 0.3 is 0 Å². The molecule has 22 heavy (non-hydrogen) atoms. The topological polar surface area (TPSA) is 71.8 Å². The molecule has 1 saturated heterocycles. The van der Waals surface area contributed by atoms with E-state index in [-0.39, 0.29) is 17.2 Å². The van der Waals surface area contributed by atoms with Crippen molar-refractivity contribution in [2.75, 3.05) is 12.9 Å². The minimum absolute atomic E-state index is 0.159. The number of carbonyl (C=O) groups excluding carboxylic acids is 2. The zero-order valence-corrected chi connectivity index (χ0v) is 12.6. The highest BCUT2D eigenvalue weighted by molar-refractivity contribution is 8.00. The van der Waals surface area contributed by atoms with Gasteiger partial charge in [0, 0.05) is 5.56 Å². The third-order valence-electron chi connectivity index (χ3n) is 3.23. The third kappa shape index (κ3) is 2.80. The first-order valence-corrected chi connectivity index (χ1v) is 7.66. The first-order chi connectivity index (χ1) is 10.7. The molecule has 114 valence electrons. The Bertz CT molecular complexity index is 669. The number of furan rings is 1. The standard InChI is InChI=1S/C15H14N2O4S/c1-20-11-6-4-10(5-7-11)14(19)16-17-13(18)9-22-15(17)12-3-2-8-21-12/h2-8,15H,9H2,1H3,(H,16,19)/t15-/m0/s1. The van der Waals surface area contributed by atoms with Gasteiger partial charge in [0.2, 0.25) is 0 Å². The van der Waals surface area contributed by atoms with Gasteiger partial charge in [0.1, 0.15) is 11.5 Å². The van der Waals surface area contributed by atoms with E-state index >= 15 is 0 Å². The molecule has 1 atom stereocenters. The highest BCUT2D eigenvalue weighted by Crippen LogP contribution is 2.37. The summed E-state index contributed by atoms with van der Waals surface area (Å²) in [5.74, 6) is 1.08. The lowest BCUT2D eigenvalue weighted by Gasteiger charge is -2.22. The molecular formula is C15H14N2O4S. The van der Waals surface area contributed by atoms with E-state index < -0.39 is 0 Å². The van der Waals surface area contributed by atoms with Crippen LogP contribution >= 0.6 is 11.8 Å². The number of ether oxygens (including phenoxy) is 1. The average Bonchev–Trinajstić information content (AvgIpc) is 3.18. The number of hydrazine groups is 1. The van der Waals surface area contributed by atoms with Crippen molar-refractivity contribution >= 4 is 23.6 Å². The number of methoxy groups -OCH3 is 1. The molecule has 1 fully saturated rings. The van der Waals surface area contributed by atoms with Crippen LogP contribution in [-0.2, 0) is 4.79 Å². The lowest BCUT2D eigenvalue weighted by atomic mass is 10.2. The van der Waals surface area contributed by atoms with Crippen molar-refractivity contribution in [2.24, 2.45) is 0 Å². The summed E-state index contributed by atoms with van der Waals surface area (Å²) < 4.78 is 10.4. The normalized spacial score (nSPS) is 17.6. The second kappa shape index (κ2) is 6.15. The van der Waals surface area contributed by atoms with Gasteiger partial charge in [0.25, 0.3) is 11.8 Å². The summed E-state index contributed by atoms with van der Waals surface area (Å²) in [5.41, 5.74) is 3.09. The number of nitrogens with zero attached hydrogens (tertiary/aromatic N) is 1. The van der Waals surface area contributed by atoms with E-state index in [4.69, 9.17) is 9.15 Å². The molecule has 2 amide bonds. The molecule has 6 nitrogen and oxygen atoms in total. The summed E-state index contributed by atoms with van der Waals surface area (Å²) in [4.78, 5) is 24.3. The lowest BCUT2D eigenvalue weighted by molar-refractivity contribution is -0.130. The minimum Gasteiger partial charge on any atom is -0.497 e. The highest BCUT2D eigenvalue weighted by Gasteiger charge is 2.36. The van der Waals surface area contributed by atoms with Crippen molar-refractivity contribution in [1.82, 2.24) is 10.4 Å². The summed E-state index contributed by atoms with van der Waals surface area (Å²) in [5, 5.41) is 0.973. The molecule has 0 aliphatic carbocycles. The average molecular weight is 318 g/mol. The van der Waals surface area contributed by atoms with Crippen LogP contribution in [0.2, 0.25) is 0 Å². The number of hydrogen-bond acceptors (Lipinski definition) is 5. The van der Waals surface area contributed by atoms with Crippen LogP contribution in [0.15, 0.2) is 47.1 Å². The Morgan fingerprint density at radius 2 is 2.14 bits per heavy atom. The molecule has 7 heteroatoms. The Hall–Kier alpha value is -2.41. The SMILES string of the molecule is COc1ccc(C(=O)NN2C(=O)CS[C@H]2c2ccco2)cc1. The smallest absolute Gasteiger partial charge is 0.269 e. The van der Waals surface area contributed by atoms with Crippen LogP contribution in [0.25, 0.3) is 0 Å². The van der Waals surface area contributed by atoms with Crippen LogP contribution in [0.1, 0.15) is 21.5 Å². The highest BCUT2D eigenvalue weighted by atomic mass is 32.2. The van der Waals surface area contributed by atoms with E-state index in [0.29, 0.717) is 22.8 Å². The summed E-state index contributed by atoms with van der Waals surface area (Å²) in [6.45, 7) is 0. The molecule has 1 aliphatic rings. The largest absolute Gasteiger partial charge is 0.497 e. The van der Waals surface area contributed by atoms with E-state index in [1.54, 1.807) is 49.8 Å². The van der Waals surface area contributed by atoms with Gasteiger partial charge in [-0.15, -0.1) is 11.8 Å². The van der Waals surface area contributed by atoms with Crippen LogP contribution in [0.5, 0.6) is 5.75 Å². The second-order valence-corrected chi connectivity index (χ2v) is 5.68. The van der Waals surface area contributed by atoms with E-state index in [1.165, 1.54) is 16.8 Å². The zero-order chi connectivity index (χ0) is 15.5. The van der Waals surface area contributed by atoms with E-state index in [1.807, 2.05) is 0 Å². The fraction of sp³-hybridized carbons (Fsp3) is 0.200. The van der Waals surface area contributed by atoms with Crippen molar-refractivity contribution in [3.8, 4) is 5.75 Å². The van der Waals surface area contributed by atoms with Crippen LogP contribution in [0.4, 0.5) is 0 Å². The maximum Gasteiger partial charge on any atom is 0.269 e. The van der Waals surface area contributed by atoms with Gasteiger partial charge in [0.05, 0.1) is 19.1 Å². The summed E-state index contributed by atoms with van der Waals surface area (Å²) >= 11 is 1.41.